The molecule has 0 radical (unpaired) electrons. The molecule has 0 bridgehead atoms. The molecule has 0 aliphatic carbocycles. The minimum atomic E-state index is -0.157. The highest BCUT2D eigenvalue weighted by molar-refractivity contribution is 4.57. The zero-order chi connectivity index (χ0) is 5.98. The summed E-state index contributed by atoms with van der Waals surface area (Å²) >= 11 is 0. The van der Waals surface area contributed by atoms with Crippen LogP contribution in [0.1, 0.15) is 6.92 Å². The molecular weight excluding hydrogens is 108 g/mol. The van der Waals surface area contributed by atoms with Crippen molar-refractivity contribution in [3.63, 3.8) is 0 Å². The minimum Gasteiger partial charge on any atom is -0.353 e. The average molecular weight is 118 g/mol. The Hall–Kier alpha value is -0.120. The first-order valence-corrected chi connectivity index (χ1v) is 2.60. The Morgan fingerprint density at radius 2 is 2.25 bits per heavy atom. The number of hydrogen-bond acceptors (Lipinski definition) is 3. The molecule has 0 N–H and O–H groups in total. The summed E-state index contributed by atoms with van der Waals surface area (Å²) in [7, 11) is 1.61. The normalized spacial score (nSPS) is 38.2. The SMILES string of the molecule is COC1OCOC1C. The van der Waals surface area contributed by atoms with Crippen LogP contribution in [0.5, 0.6) is 0 Å². The van der Waals surface area contributed by atoms with Crippen molar-refractivity contribution in [2.75, 3.05) is 13.9 Å². The second-order valence-corrected chi connectivity index (χ2v) is 1.76. The maximum atomic E-state index is 5.01. The van der Waals surface area contributed by atoms with Crippen LogP contribution in [0.2, 0.25) is 0 Å². The molecule has 3 nitrogen and oxygen atoms in total. The fraction of sp³-hybridized carbons (Fsp3) is 1.00. The van der Waals surface area contributed by atoms with Crippen molar-refractivity contribution >= 4 is 0 Å². The van der Waals surface area contributed by atoms with Crippen LogP contribution >= 0.6 is 0 Å². The molecule has 0 aromatic rings. The van der Waals surface area contributed by atoms with E-state index in [9.17, 15) is 0 Å². The van der Waals surface area contributed by atoms with Gasteiger partial charge in [-0.05, 0) is 6.92 Å². The largest absolute Gasteiger partial charge is 0.353 e. The Kier molecular flexibility index (Phi) is 1.83. The van der Waals surface area contributed by atoms with Gasteiger partial charge in [-0.1, -0.05) is 0 Å². The van der Waals surface area contributed by atoms with Crippen LogP contribution < -0.4 is 0 Å². The summed E-state index contributed by atoms with van der Waals surface area (Å²) in [5, 5.41) is 0. The van der Waals surface area contributed by atoms with Crippen molar-refractivity contribution in [1.29, 1.82) is 0 Å². The highest BCUT2D eigenvalue weighted by Crippen LogP contribution is 2.11. The van der Waals surface area contributed by atoms with Crippen molar-refractivity contribution in [2.45, 2.75) is 19.3 Å². The zero-order valence-electron chi connectivity index (χ0n) is 5.09. The molecule has 3 heteroatoms. The first kappa shape index (κ1) is 6.01. The van der Waals surface area contributed by atoms with Gasteiger partial charge in [-0.2, -0.15) is 0 Å². The topological polar surface area (TPSA) is 27.7 Å². The van der Waals surface area contributed by atoms with E-state index in [4.69, 9.17) is 14.2 Å². The van der Waals surface area contributed by atoms with Gasteiger partial charge in [-0.3, -0.25) is 0 Å². The summed E-state index contributed by atoms with van der Waals surface area (Å²) in [4.78, 5) is 0. The van der Waals surface area contributed by atoms with Gasteiger partial charge in [0.1, 0.15) is 6.10 Å². The first-order chi connectivity index (χ1) is 3.84. The van der Waals surface area contributed by atoms with Crippen LogP contribution in [0.4, 0.5) is 0 Å². The van der Waals surface area contributed by atoms with E-state index in [1.54, 1.807) is 7.11 Å². The molecule has 2 atom stereocenters. The molecule has 1 saturated heterocycles. The second kappa shape index (κ2) is 2.44. The highest BCUT2D eigenvalue weighted by Gasteiger charge is 2.23. The van der Waals surface area contributed by atoms with Crippen molar-refractivity contribution in [3.8, 4) is 0 Å². The standard InChI is InChI=1S/C5H10O3/c1-4-5(6-2)8-3-7-4/h4-5H,3H2,1-2H3. The van der Waals surface area contributed by atoms with Crippen LogP contribution in [-0.2, 0) is 14.2 Å². The van der Waals surface area contributed by atoms with Gasteiger partial charge in [0.2, 0.25) is 0 Å². The Morgan fingerprint density at radius 3 is 2.50 bits per heavy atom. The minimum absolute atomic E-state index is 0.0833. The number of ether oxygens (including phenoxy) is 3. The summed E-state index contributed by atoms with van der Waals surface area (Å²) in [5.74, 6) is 0. The predicted molar refractivity (Wildman–Crippen MR) is 27.3 cm³/mol. The summed E-state index contributed by atoms with van der Waals surface area (Å²) in [5.41, 5.74) is 0. The summed E-state index contributed by atoms with van der Waals surface area (Å²) in [6.45, 7) is 2.28. The van der Waals surface area contributed by atoms with Gasteiger partial charge in [-0.25, -0.2) is 0 Å². The third-order valence-electron chi connectivity index (χ3n) is 1.18. The Bertz CT molecular complexity index is 74.1. The summed E-state index contributed by atoms with van der Waals surface area (Å²) in [6, 6.07) is 0. The maximum Gasteiger partial charge on any atom is 0.185 e. The Balaban J connectivity index is 2.30. The molecule has 0 aromatic carbocycles. The lowest BCUT2D eigenvalue weighted by molar-refractivity contribution is -0.0935. The lowest BCUT2D eigenvalue weighted by Gasteiger charge is -2.08. The van der Waals surface area contributed by atoms with E-state index < -0.39 is 0 Å². The predicted octanol–water partition coefficient (Wildman–Crippen LogP) is 0.352. The second-order valence-electron chi connectivity index (χ2n) is 1.76. The number of rotatable bonds is 1. The third-order valence-corrected chi connectivity index (χ3v) is 1.18. The quantitative estimate of drug-likeness (QED) is 0.497. The maximum absolute atomic E-state index is 5.01. The molecular formula is C5H10O3. The number of hydrogen-bond donors (Lipinski definition) is 0. The molecule has 0 saturated carbocycles. The molecule has 1 aliphatic heterocycles. The van der Waals surface area contributed by atoms with E-state index in [0.29, 0.717) is 6.79 Å². The first-order valence-electron chi connectivity index (χ1n) is 2.60. The van der Waals surface area contributed by atoms with Gasteiger partial charge in [0.05, 0.1) is 0 Å². The fourth-order valence-electron chi connectivity index (χ4n) is 0.687. The van der Waals surface area contributed by atoms with E-state index in [-0.39, 0.29) is 12.4 Å². The highest BCUT2D eigenvalue weighted by atomic mass is 16.8. The van der Waals surface area contributed by atoms with E-state index in [2.05, 4.69) is 0 Å². The molecule has 1 heterocycles. The van der Waals surface area contributed by atoms with Gasteiger partial charge in [-0.15, -0.1) is 0 Å². The number of methoxy groups -OCH3 is 1. The lowest BCUT2D eigenvalue weighted by Crippen LogP contribution is -2.20. The van der Waals surface area contributed by atoms with Crippen molar-refractivity contribution in [2.24, 2.45) is 0 Å². The summed E-state index contributed by atoms with van der Waals surface area (Å²) in [6.07, 6.45) is -0.0741. The lowest BCUT2D eigenvalue weighted by atomic mass is 10.4. The molecule has 1 aliphatic rings. The fourth-order valence-corrected chi connectivity index (χ4v) is 0.687. The van der Waals surface area contributed by atoms with Gasteiger partial charge in [0.15, 0.2) is 13.1 Å². The molecule has 2 unspecified atom stereocenters. The van der Waals surface area contributed by atoms with Gasteiger partial charge in [0.25, 0.3) is 0 Å². The smallest absolute Gasteiger partial charge is 0.185 e. The Labute approximate surface area is 48.5 Å². The molecule has 0 aromatic heterocycles. The zero-order valence-corrected chi connectivity index (χ0v) is 5.09. The molecule has 1 rings (SSSR count). The van der Waals surface area contributed by atoms with E-state index >= 15 is 0 Å². The van der Waals surface area contributed by atoms with Gasteiger partial charge >= 0.3 is 0 Å². The summed E-state index contributed by atoms with van der Waals surface area (Å²) < 4.78 is 14.9. The van der Waals surface area contributed by atoms with Crippen LogP contribution in [0.25, 0.3) is 0 Å². The van der Waals surface area contributed by atoms with Crippen molar-refractivity contribution in [3.05, 3.63) is 0 Å². The molecule has 0 amide bonds. The Morgan fingerprint density at radius 1 is 1.50 bits per heavy atom. The third kappa shape index (κ3) is 0.992. The van der Waals surface area contributed by atoms with Crippen LogP contribution in [0.3, 0.4) is 0 Å². The molecule has 1 fully saturated rings. The van der Waals surface area contributed by atoms with Crippen molar-refractivity contribution < 1.29 is 14.2 Å². The molecule has 48 valence electrons. The van der Waals surface area contributed by atoms with Gasteiger partial charge in [0, 0.05) is 7.11 Å². The molecule has 0 spiro atoms. The van der Waals surface area contributed by atoms with E-state index in [1.807, 2.05) is 6.92 Å². The monoisotopic (exact) mass is 118 g/mol. The van der Waals surface area contributed by atoms with Crippen LogP contribution in [0.15, 0.2) is 0 Å². The van der Waals surface area contributed by atoms with E-state index in [1.165, 1.54) is 0 Å². The van der Waals surface area contributed by atoms with Crippen molar-refractivity contribution in [1.82, 2.24) is 0 Å². The molecule has 8 heavy (non-hydrogen) atoms. The van der Waals surface area contributed by atoms with Crippen LogP contribution in [0, 0.1) is 0 Å². The van der Waals surface area contributed by atoms with Gasteiger partial charge < -0.3 is 14.2 Å². The van der Waals surface area contributed by atoms with Crippen LogP contribution in [-0.4, -0.2) is 26.3 Å². The van der Waals surface area contributed by atoms with E-state index in [0.717, 1.165) is 0 Å². The average Bonchev–Trinajstić information content (AvgIpc) is 2.14.